The summed E-state index contributed by atoms with van der Waals surface area (Å²) in [5.74, 6) is -0.341. The summed E-state index contributed by atoms with van der Waals surface area (Å²) >= 11 is 11.1. The number of carbonyl (C=O) groups is 1. The zero-order chi connectivity index (χ0) is 8.85. The Balaban J connectivity index is 4.01. The van der Waals surface area contributed by atoms with E-state index in [0.717, 1.165) is 0 Å². The molecular weight excluding hydrogens is 203 g/mol. The molecule has 0 aliphatic carbocycles. The number of hydrogen-bond donors (Lipinski definition) is 0. The molecule has 0 amide bonds. The number of carbonyl (C=O) groups excluding carboxylic acids is 1. The van der Waals surface area contributed by atoms with Crippen LogP contribution in [0.15, 0.2) is 11.3 Å². The van der Waals surface area contributed by atoms with Gasteiger partial charge in [-0.1, -0.05) is 5.70 Å². The highest BCUT2D eigenvalue weighted by Gasteiger charge is 2.06. The van der Waals surface area contributed by atoms with Crippen molar-refractivity contribution in [3.63, 3.8) is 0 Å². The first kappa shape index (κ1) is 11.0. The lowest BCUT2D eigenvalue weighted by molar-refractivity contribution is -0.138. The topological polar surface area (TPSA) is 26.3 Å². The molecule has 0 bridgehead atoms. The summed E-state index contributed by atoms with van der Waals surface area (Å²) in [5.41, 5.74) is 2.06. The molecule has 0 aromatic rings. The van der Waals surface area contributed by atoms with E-state index in [0.29, 0.717) is 12.2 Å². The van der Waals surface area contributed by atoms with Crippen LogP contribution in [0, 0.1) is 0 Å². The van der Waals surface area contributed by atoms with E-state index in [1.165, 1.54) is 0 Å². The highest BCUT2D eigenvalue weighted by atomic mass is 35.7. The predicted molar refractivity (Wildman–Crippen MR) is 49.2 cm³/mol. The summed E-state index contributed by atoms with van der Waals surface area (Å²) in [6.07, 6.45) is 0. The lowest BCUT2D eigenvalue weighted by Crippen LogP contribution is -2.06. The second-order valence-electron chi connectivity index (χ2n) is 1.90. The predicted octanol–water partition coefficient (Wildman–Crippen LogP) is 1.73. The SMILES string of the molecule is CCOC(=O)C(C)=C[SiH](Cl)Cl. The van der Waals surface area contributed by atoms with Gasteiger partial charge in [-0.2, -0.15) is 0 Å². The minimum atomic E-state index is -1.83. The Morgan fingerprint density at radius 3 is 2.55 bits per heavy atom. The van der Waals surface area contributed by atoms with Gasteiger partial charge in [0.05, 0.1) is 6.61 Å². The van der Waals surface area contributed by atoms with Crippen molar-refractivity contribution < 1.29 is 9.53 Å². The van der Waals surface area contributed by atoms with E-state index in [1.54, 1.807) is 19.5 Å². The van der Waals surface area contributed by atoms with Gasteiger partial charge in [-0.3, -0.25) is 0 Å². The van der Waals surface area contributed by atoms with Crippen LogP contribution < -0.4 is 0 Å². The van der Waals surface area contributed by atoms with Gasteiger partial charge < -0.3 is 4.74 Å². The van der Waals surface area contributed by atoms with Crippen LogP contribution in [0.2, 0.25) is 0 Å². The lowest BCUT2D eigenvalue weighted by atomic mass is 10.4. The van der Waals surface area contributed by atoms with E-state index in [2.05, 4.69) is 0 Å². The molecule has 0 aliphatic rings. The fourth-order valence-corrected chi connectivity index (χ4v) is 2.15. The van der Waals surface area contributed by atoms with Gasteiger partial charge in [0.25, 0.3) is 7.42 Å². The third-order valence-corrected chi connectivity index (χ3v) is 2.48. The molecule has 0 heterocycles. The summed E-state index contributed by atoms with van der Waals surface area (Å²) < 4.78 is 4.70. The third-order valence-electron chi connectivity index (χ3n) is 0.973. The summed E-state index contributed by atoms with van der Waals surface area (Å²) in [6, 6.07) is 0. The monoisotopic (exact) mass is 212 g/mol. The second kappa shape index (κ2) is 5.63. The maximum absolute atomic E-state index is 10.9. The van der Waals surface area contributed by atoms with Crippen LogP contribution >= 0.6 is 22.2 Å². The van der Waals surface area contributed by atoms with Gasteiger partial charge >= 0.3 is 5.97 Å². The molecule has 0 saturated carbocycles. The number of rotatable bonds is 3. The first-order chi connectivity index (χ1) is 5.07. The van der Waals surface area contributed by atoms with Gasteiger partial charge in [0, 0.05) is 5.57 Å². The Bertz CT molecular complexity index is 168. The minimum Gasteiger partial charge on any atom is -0.463 e. The quantitative estimate of drug-likeness (QED) is 0.309. The summed E-state index contributed by atoms with van der Waals surface area (Å²) in [6.45, 7) is 3.77. The van der Waals surface area contributed by atoms with E-state index in [1.807, 2.05) is 0 Å². The van der Waals surface area contributed by atoms with Crippen LogP contribution in [-0.4, -0.2) is 20.0 Å². The molecule has 0 aromatic carbocycles. The Morgan fingerprint density at radius 1 is 1.64 bits per heavy atom. The molecule has 11 heavy (non-hydrogen) atoms. The van der Waals surface area contributed by atoms with Gasteiger partial charge in [-0.05, 0) is 13.8 Å². The molecule has 0 rings (SSSR count). The van der Waals surface area contributed by atoms with E-state index in [9.17, 15) is 4.79 Å². The van der Waals surface area contributed by atoms with Gasteiger partial charge in [0.15, 0.2) is 0 Å². The van der Waals surface area contributed by atoms with Crippen LogP contribution in [0.3, 0.4) is 0 Å². The maximum atomic E-state index is 10.9. The average Bonchev–Trinajstić information content (AvgIpc) is 1.86. The van der Waals surface area contributed by atoms with Crippen LogP contribution in [0.5, 0.6) is 0 Å². The largest absolute Gasteiger partial charge is 0.463 e. The highest BCUT2D eigenvalue weighted by molar-refractivity contribution is 7.36. The molecule has 0 spiro atoms. The smallest absolute Gasteiger partial charge is 0.333 e. The summed E-state index contributed by atoms with van der Waals surface area (Å²) in [7, 11) is -1.83. The van der Waals surface area contributed by atoms with Gasteiger partial charge in [-0.25, -0.2) is 4.79 Å². The molecule has 0 aromatic heterocycles. The van der Waals surface area contributed by atoms with Crippen molar-refractivity contribution in [2.24, 2.45) is 0 Å². The molecule has 0 radical (unpaired) electrons. The molecule has 5 heteroatoms. The van der Waals surface area contributed by atoms with E-state index in [-0.39, 0.29) is 5.97 Å². The Labute approximate surface area is 77.1 Å². The van der Waals surface area contributed by atoms with Crippen LogP contribution in [0.4, 0.5) is 0 Å². The number of hydrogen-bond acceptors (Lipinski definition) is 2. The van der Waals surface area contributed by atoms with Crippen molar-refractivity contribution >= 4 is 35.5 Å². The van der Waals surface area contributed by atoms with Crippen molar-refractivity contribution in [1.82, 2.24) is 0 Å². The number of halogens is 2. The lowest BCUT2D eigenvalue weighted by Gasteiger charge is -2.00. The molecule has 64 valence electrons. The number of esters is 1. The standard InChI is InChI=1S/C6H10Cl2O2Si/c1-3-10-6(9)5(2)4-11(7)8/h4,11H,3H2,1-2H3. The summed E-state index contributed by atoms with van der Waals surface area (Å²) in [4.78, 5) is 10.9. The van der Waals surface area contributed by atoms with E-state index >= 15 is 0 Å². The molecule has 0 fully saturated rings. The first-order valence-corrected chi connectivity index (χ1v) is 7.37. The molecule has 2 nitrogen and oxygen atoms in total. The van der Waals surface area contributed by atoms with Crippen LogP contribution in [-0.2, 0) is 9.53 Å². The van der Waals surface area contributed by atoms with Gasteiger partial charge in [0.1, 0.15) is 0 Å². The minimum absolute atomic E-state index is 0.341. The third kappa shape index (κ3) is 5.30. The van der Waals surface area contributed by atoms with E-state index in [4.69, 9.17) is 26.9 Å². The summed E-state index contributed by atoms with van der Waals surface area (Å²) in [5, 5.41) is 0. The van der Waals surface area contributed by atoms with Crippen molar-refractivity contribution in [3.8, 4) is 0 Å². The van der Waals surface area contributed by atoms with Crippen LogP contribution in [0.1, 0.15) is 13.8 Å². The van der Waals surface area contributed by atoms with Crippen molar-refractivity contribution in [2.75, 3.05) is 6.61 Å². The van der Waals surface area contributed by atoms with Crippen molar-refractivity contribution in [3.05, 3.63) is 11.3 Å². The first-order valence-electron chi connectivity index (χ1n) is 3.21. The fourth-order valence-electron chi connectivity index (χ4n) is 0.502. The molecule has 0 aliphatic heterocycles. The molecule has 0 unspecified atom stereocenters. The normalized spacial score (nSPS) is 11.9. The van der Waals surface area contributed by atoms with E-state index < -0.39 is 7.42 Å². The zero-order valence-corrected chi connectivity index (χ0v) is 9.10. The van der Waals surface area contributed by atoms with Gasteiger partial charge in [-0.15, -0.1) is 22.2 Å². The van der Waals surface area contributed by atoms with Gasteiger partial charge in [0.2, 0.25) is 0 Å². The maximum Gasteiger partial charge on any atom is 0.333 e. The number of ether oxygens (including phenoxy) is 1. The Kier molecular flexibility index (Phi) is 5.63. The zero-order valence-electron chi connectivity index (χ0n) is 6.43. The van der Waals surface area contributed by atoms with Crippen molar-refractivity contribution in [2.45, 2.75) is 13.8 Å². The molecule has 0 saturated heterocycles. The Hall–Kier alpha value is 0.00688. The fraction of sp³-hybridized carbons (Fsp3) is 0.500. The Morgan fingerprint density at radius 2 is 2.18 bits per heavy atom. The van der Waals surface area contributed by atoms with Crippen LogP contribution in [0.25, 0.3) is 0 Å². The second-order valence-corrected chi connectivity index (χ2v) is 6.40. The average molecular weight is 213 g/mol. The molecular formula is C6H10Cl2O2Si. The molecule has 0 N–H and O–H groups in total. The van der Waals surface area contributed by atoms with Crippen molar-refractivity contribution in [1.29, 1.82) is 0 Å². The molecule has 0 atom stereocenters. The highest BCUT2D eigenvalue weighted by Crippen LogP contribution is 2.04.